The molecule has 0 aliphatic rings. The van der Waals surface area contributed by atoms with E-state index in [1.165, 1.54) is 18.1 Å². The molecule has 0 fully saturated rings. The van der Waals surface area contributed by atoms with Crippen LogP contribution in [0.15, 0.2) is 33.0 Å². The lowest BCUT2D eigenvalue weighted by Gasteiger charge is -2.12. The maximum atomic E-state index is 12.8. The summed E-state index contributed by atoms with van der Waals surface area (Å²) in [4.78, 5) is 38.6. The van der Waals surface area contributed by atoms with Gasteiger partial charge >= 0.3 is 11.7 Å². The molecule has 0 aliphatic carbocycles. The molecule has 1 unspecified atom stereocenters. The van der Waals surface area contributed by atoms with Gasteiger partial charge in [-0.25, -0.2) is 9.59 Å². The molecule has 8 heteroatoms. The van der Waals surface area contributed by atoms with E-state index in [0.29, 0.717) is 24.3 Å². The van der Waals surface area contributed by atoms with E-state index in [9.17, 15) is 19.5 Å². The first-order chi connectivity index (χ1) is 15.8. The number of allylic oxidation sites excluding steroid dienone is 1. The summed E-state index contributed by atoms with van der Waals surface area (Å²) < 4.78 is 9.89. The topological polar surface area (TPSA) is 106 Å². The van der Waals surface area contributed by atoms with Crippen molar-refractivity contribution in [2.45, 2.75) is 65.2 Å². The predicted octanol–water partition coefficient (Wildman–Crippen LogP) is 5.67. The van der Waals surface area contributed by atoms with Crippen molar-refractivity contribution in [1.29, 1.82) is 0 Å². The number of carbonyl (C=O) groups is 2. The molecule has 0 bridgehead atoms. The van der Waals surface area contributed by atoms with Crippen LogP contribution in [0.5, 0.6) is 5.75 Å². The maximum absolute atomic E-state index is 12.8. The molecule has 0 aromatic carbocycles. The minimum Gasteiger partial charge on any atom is -0.507 e. The third kappa shape index (κ3) is 7.89. The monoisotopic (exact) mass is 475 g/mol. The first kappa shape index (κ1) is 26.4. The molecule has 2 rings (SSSR count). The molecule has 2 N–H and O–H groups in total. The zero-order valence-electron chi connectivity index (χ0n) is 19.7. The van der Waals surface area contributed by atoms with Crippen LogP contribution in [0, 0.1) is 0 Å². The molecule has 33 heavy (non-hydrogen) atoms. The molecule has 180 valence electrons. The van der Waals surface area contributed by atoms with Gasteiger partial charge in [-0.15, -0.1) is 11.3 Å². The summed E-state index contributed by atoms with van der Waals surface area (Å²) in [5, 5.41) is 13.0. The van der Waals surface area contributed by atoms with Crippen LogP contribution in [-0.4, -0.2) is 30.6 Å². The van der Waals surface area contributed by atoms with E-state index < -0.39 is 17.5 Å². The Morgan fingerprint density at radius 3 is 2.70 bits per heavy atom. The molecule has 0 aliphatic heterocycles. The molecule has 1 amide bonds. The number of carbonyl (C=O) groups excluding carboxylic acids is 2. The second kappa shape index (κ2) is 13.0. The number of aryl methyl sites for hydroxylation is 1. The molecule has 7 nitrogen and oxygen atoms in total. The van der Waals surface area contributed by atoms with Crippen LogP contribution in [-0.2, 0) is 11.2 Å². The Morgan fingerprint density at radius 2 is 2.03 bits per heavy atom. The van der Waals surface area contributed by atoms with Gasteiger partial charge in [-0.2, -0.15) is 0 Å². The minimum absolute atomic E-state index is 0.129. The van der Waals surface area contributed by atoms with E-state index in [1.807, 2.05) is 13.0 Å². The van der Waals surface area contributed by atoms with E-state index in [2.05, 4.69) is 23.0 Å². The zero-order chi connectivity index (χ0) is 24.4. The summed E-state index contributed by atoms with van der Waals surface area (Å²) in [6.45, 7) is 6.14. The van der Waals surface area contributed by atoms with Crippen molar-refractivity contribution in [3.05, 3.63) is 55.3 Å². The highest BCUT2D eigenvalue weighted by atomic mass is 32.1. The zero-order valence-corrected chi connectivity index (χ0v) is 20.5. The SMILES string of the molecule is CCCCc1ccc(/C=C(/C)C(=O)c2c(O)cc(C(C)CCCCNC(=O)OC)oc2=O)s1. The maximum Gasteiger partial charge on any atom is 0.406 e. The Hall–Kier alpha value is -2.87. The number of alkyl carbamates (subject to hydrolysis) is 1. The number of unbranched alkanes of at least 4 members (excludes halogenated alkanes) is 2. The largest absolute Gasteiger partial charge is 0.507 e. The summed E-state index contributed by atoms with van der Waals surface area (Å²) in [6.07, 6.45) is 6.71. The van der Waals surface area contributed by atoms with E-state index in [-0.39, 0.29) is 17.2 Å². The van der Waals surface area contributed by atoms with Gasteiger partial charge < -0.3 is 19.6 Å². The Bertz CT molecular complexity index is 1040. The van der Waals surface area contributed by atoms with Gasteiger partial charge in [-0.1, -0.05) is 26.7 Å². The average molecular weight is 476 g/mol. The first-order valence-electron chi connectivity index (χ1n) is 11.3. The normalized spacial score (nSPS) is 12.4. The summed E-state index contributed by atoms with van der Waals surface area (Å²) >= 11 is 1.62. The van der Waals surface area contributed by atoms with Gasteiger partial charge in [0.15, 0.2) is 5.78 Å². The molecule has 2 heterocycles. The van der Waals surface area contributed by atoms with E-state index in [0.717, 1.165) is 37.0 Å². The standard InChI is InChI=1S/C25H33NO6S/c1-5-6-10-18-11-12-19(33-18)14-17(3)23(28)22-20(27)15-21(32-24(22)29)16(2)9-7-8-13-26-25(30)31-4/h11-12,14-16,27H,5-10,13H2,1-4H3,(H,26,30)/b17-14-. The number of methoxy groups -OCH3 is 1. The molecular formula is C25H33NO6S. The number of hydrogen-bond donors (Lipinski definition) is 2. The van der Waals surface area contributed by atoms with Crippen LogP contribution in [0.3, 0.4) is 0 Å². The van der Waals surface area contributed by atoms with Crippen molar-refractivity contribution in [3.63, 3.8) is 0 Å². The van der Waals surface area contributed by atoms with E-state index in [1.54, 1.807) is 24.3 Å². The number of hydrogen-bond acceptors (Lipinski definition) is 7. The molecule has 1 atom stereocenters. The van der Waals surface area contributed by atoms with Gasteiger partial charge in [-0.05, 0) is 56.4 Å². The summed E-state index contributed by atoms with van der Waals surface area (Å²) in [7, 11) is 1.31. The number of aromatic hydroxyl groups is 1. The molecular weight excluding hydrogens is 442 g/mol. The number of amides is 1. The quantitative estimate of drug-likeness (QED) is 0.233. The highest BCUT2D eigenvalue weighted by molar-refractivity contribution is 7.12. The Labute approximate surface area is 198 Å². The lowest BCUT2D eigenvalue weighted by atomic mass is 9.99. The molecule has 0 spiro atoms. The fourth-order valence-electron chi connectivity index (χ4n) is 3.36. The molecule has 0 saturated carbocycles. The van der Waals surface area contributed by atoms with Gasteiger partial charge in [0, 0.05) is 28.3 Å². The summed E-state index contributed by atoms with van der Waals surface area (Å²) in [6, 6.07) is 5.37. The van der Waals surface area contributed by atoms with Crippen molar-refractivity contribution in [2.24, 2.45) is 0 Å². The summed E-state index contributed by atoms with van der Waals surface area (Å²) in [5.41, 5.74) is -0.818. The van der Waals surface area contributed by atoms with Gasteiger partial charge in [0.25, 0.3) is 0 Å². The Kier molecular flexibility index (Phi) is 10.4. The summed E-state index contributed by atoms with van der Waals surface area (Å²) in [5.74, 6) is -0.712. The third-order valence-electron chi connectivity index (χ3n) is 5.36. The molecule has 2 aromatic rings. The van der Waals surface area contributed by atoms with E-state index >= 15 is 0 Å². The van der Waals surface area contributed by atoms with Crippen LogP contribution >= 0.6 is 11.3 Å². The smallest absolute Gasteiger partial charge is 0.406 e. The third-order valence-corrected chi connectivity index (χ3v) is 6.45. The molecule has 0 saturated heterocycles. The van der Waals surface area contributed by atoms with Crippen molar-refractivity contribution >= 4 is 29.3 Å². The van der Waals surface area contributed by atoms with Gasteiger partial charge in [-0.3, -0.25) is 4.79 Å². The lowest BCUT2D eigenvalue weighted by Crippen LogP contribution is -2.23. The number of thiophene rings is 1. The van der Waals surface area contributed by atoms with E-state index in [4.69, 9.17) is 4.42 Å². The fourth-order valence-corrected chi connectivity index (χ4v) is 4.42. The highest BCUT2D eigenvalue weighted by Gasteiger charge is 2.22. The number of nitrogens with one attached hydrogen (secondary N) is 1. The predicted molar refractivity (Wildman–Crippen MR) is 130 cm³/mol. The van der Waals surface area contributed by atoms with Crippen molar-refractivity contribution in [3.8, 4) is 5.75 Å². The number of ketones is 1. The Balaban J connectivity index is 2.04. The van der Waals surface area contributed by atoms with Crippen molar-refractivity contribution in [1.82, 2.24) is 5.32 Å². The van der Waals surface area contributed by atoms with Crippen LogP contribution in [0.4, 0.5) is 4.79 Å². The number of ether oxygens (including phenoxy) is 1. The van der Waals surface area contributed by atoms with Gasteiger partial charge in [0.05, 0.1) is 7.11 Å². The lowest BCUT2D eigenvalue weighted by molar-refractivity contribution is 0.102. The van der Waals surface area contributed by atoms with Crippen LogP contribution < -0.4 is 10.9 Å². The van der Waals surface area contributed by atoms with Crippen LogP contribution in [0.1, 0.15) is 84.7 Å². The first-order valence-corrected chi connectivity index (χ1v) is 12.1. The van der Waals surface area contributed by atoms with Gasteiger partial charge in [0.1, 0.15) is 17.1 Å². The molecule has 2 aromatic heterocycles. The average Bonchev–Trinajstić information content (AvgIpc) is 3.23. The van der Waals surface area contributed by atoms with Gasteiger partial charge in [0.2, 0.25) is 0 Å². The van der Waals surface area contributed by atoms with Crippen LogP contribution in [0.2, 0.25) is 0 Å². The minimum atomic E-state index is -0.836. The van der Waals surface area contributed by atoms with Crippen molar-refractivity contribution < 1.29 is 23.8 Å². The number of Topliss-reactive ketones (excluding diaryl/α,β-unsaturated/α-hetero) is 1. The highest BCUT2D eigenvalue weighted by Crippen LogP contribution is 2.27. The second-order valence-corrected chi connectivity index (χ2v) is 9.28. The molecule has 0 radical (unpaired) electrons. The van der Waals surface area contributed by atoms with Crippen molar-refractivity contribution in [2.75, 3.05) is 13.7 Å². The van der Waals surface area contributed by atoms with Crippen LogP contribution in [0.25, 0.3) is 6.08 Å². The Morgan fingerprint density at radius 1 is 1.27 bits per heavy atom. The number of rotatable bonds is 12. The fraction of sp³-hybridized carbons (Fsp3) is 0.480. The second-order valence-electron chi connectivity index (χ2n) is 8.08.